The number of nitrogens with zero attached hydrogens (tertiary/aromatic N) is 3. The molecule has 0 bridgehead atoms. The average molecular weight is 335 g/mol. The summed E-state index contributed by atoms with van der Waals surface area (Å²) in [5.41, 5.74) is 2.18. The lowest BCUT2D eigenvalue weighted by Crippen LogP contribution is -2.08. The van der Waals surface area contributed by atoms with Gasteiger partial charge in [-0.2, -0.15) is 0 Å². The van der Waals surface area contributed by atoms with Gasteiger partial charge in [-0.1, -0.05) is 13.8 Å². The van der Waals surface area contributed by atoms with Gasteiger partial charge in [-0.25, -0.2) is 9.97 Å². The Labute approximate surface area is 128 Å². The van der Waals surface area contributed by atoms with Crippen LogP contribution in [0.15, 0.2) is 34.9 Å². The zero-order chi connectivity index (χ0) is 14.7. The van der Waals surface area contributed by atoms with E-state index in [1.54, 1.807) is 0 Å². The number of halogens is 1. The van der Waals surface area contributed by atoms with Gasteiger partial charge in [-0.15, -0.1) is 0 Å². The van der Waals surface area contributed by atoms with Crippen molar-refractivity contribution in [2.75, 3.05) is 24.3 Å². The fourth-order valence-corrected chi connectivity index (χ4v) is 2.15. The van der Waals surface area contributed by atoms with Crippen LogP contribution in [0.1, 0.15) is 25.6 Å². The van der Waals surface area contributed by atoms with Crippen LogP contribution < -0.4 is 10.2 Å². The van der Waals surface area contributed by atoms with E-state index in [1.807, 2.05) is 32.3 Å². The molecule has 1 heterocycles. The first-order chi connectivity index (χ1) is 9.45. The summed E-state index contributed by atoms with van der Waals surface area (Å²) < 4.78 is 0.795. The topological polar surface area (TPSA) is 41.1 Å². The molecule has 5 heteroatoms. The van der Waals surface area contributed by atoms with E-state index in [0.717, 1.165) is 21.9 Å². The van der Waals surface area contributed by atoms with Crippen molar-refractivity contribution in [1.82, 2.24) is 9.97 Å². The van der Waals surface area contributed by atoms with Crippen LogP contribution in [0.4, 0.5) is 17.2 Å². The molecule has 0 aliphatic carbocycles. The minimum absolute atomic E-state index is 0.296. The Balaban J connectivity index is 2.21. The molecule has 0 fully saturated rings. The van der Waals surface area contributed by atoms with E-state index in [4.69, 9.17) is 0 Å². The molecular formula is C15H19BrN4. The summed E-state index contributed by atoms with van der Waals surface area (Å²) in [4.78, 5) is 11.0. The minimum Gasteiger partial charge on any atom is -0.378 e. The van der Waals surface area contributed by atoms with Gasteiger partial charge >= 0.3 is 0 Å². The van der Waals surface area contributed by atoms with Gasteiger partial charge in [0.25, 0.3) is 0 Å². The summed E-state index contributed by atoms with van der Waals surface area (Å²) in [5.74, 6) is 1.92. The molecule has 0 unspecified atom stereocenters. The molecule has 0 radical (unpaired) electrons. The molecule has 1 N–H and O–H groups in total. The van der Waals surface area contributed by atoms with Crippen molar-refractivity contribution in [3.8, 4) is 0 Å². The summed E-state index contributed by atoms with van der Waals surface area (Å²) in [7, 11) is 4.05. The Morgan fingerprint density at radius 1 is 1.10 bits per heavy atom. The summed E-state index contributed by atoms with van der Waals surface area (Å²) >= 11 is 3.43. The Kier molecular flexibility index (Phi) is 4.60. The zero-order valence-corrected chi connectivity index (χ0v) is 13.8. The summed E-state index contributed by atoms with van der Waals surface area (Å²) in [6.07, 6.45) is 0. The van der Waals surface area contributed by atoms with E-state index < -0.39 is 0 Å². The monoisotopic (exact) mass is 334 g/mol. The third-order valence-electron chi connectivity index (χ3n) is 2.88. The molecular weight excluding hydrogens is 316 g/mol. The normalized spacial score (nSPS) is 10.7. The largest absolute Gasteiger partial charge is 0.378 e. The Morgan fingerprint density at radius 3 is 2.30 bits per heavy atom. The van der Waals surface area contributed by atoms with Crippen molar-refractivity contribution in [2.24, 2.45) is 0 Å². The smallest absolute Gasteiger partial charge is 0.135 e. The first kappa shape index (κ1) is 14.8. The van der Waals surface area contributed by atoms with Crippen LogP contribution >= 0.6 is 15.9 Å². The van der Waals surface area contributed by atoms with Crippen LogP contribution in [0.2, 0.25) is 0 Å². The van der Waals surface area contributed by atoms with Gasteiger partial charge in [0.1, 0.15) is 16.2 Å². The molecule has 0 aliphatic heterocycles. The molecule has 0 atom stereocenters. The van der Waals surface area contributed by atoms with Crippen molar-refractivity contribution in [1.29, 1.82) is 0 Å². The highest BCUT2D eigenvalue weighted by molar-refractivity contribution is 9.10. The number of hydrogen-bond donors (Lipinski definition) is 1. The Hall–Kier alpha value is -1.62. The van der Waals surface area contributed by atoms with Gasteiger partial charge in [0.15, 0.2) is 0 Å². The van der Waals surface area contributed by atoms with Crippen molar-refractivity contribution in [3.63, 3.8) is 0 Å². The SMILES string of the molecule is CC(C)c1nc(Br)cc(Nc2ccc(N(C)C)cc2)n1. The first-order valence-electron chi connectivity index (χ1n) is 6.54. The molecule has 0 saturated carbocycles. The average Bonchev–Trinajstić information content (AvgIpc) is 2.38. The zero-order valence-electron chi connectivity index (χ0n) is 12.2. The van der Waals surface area contributed by atoms with Crippen molar-refractivity contribution in [3.05, 3.63) is 40.8 Å². The van der Waals surface area contributed by atoms with E-state index in [1.165, 1.54) is 5.69 Å². The maximum absolute atomic E-state index is 4.52. The highest BCUT2D eigenvalue weighted by atomic mass is 79.9. The summed E-state index contributed by atoms with van der Waals surface area (Å²) in [6, 6.07) is 10.1. The fourth-order valence-electron chi connectivity index (χ4n) is 1.75. The quantitative estimate of drug-likeness (QED) is 0.852. The molecule has 1 aromatic carbocycles. The van der Waals surface area contributed by atoms with Crippen LogP contribution in [0.3, 0.4) is 0 Å². The van der Waals surface area contributed by atoms with E-state index in [-0.39, 0.29) is 0 Å². The number of nitrogens with one attached hydrogen (secondary N) is 1. The van der Waals surface area contributed by atoms with Gasteiger partial charge in [0.2, 0.25) is 0 Å². The highest BCUT2D eigenvalue weighted by Gasteiger charge is 2.07. The Morgan fingerprint density at radius 2 is 1.75 bits per heavy atom. The Bertz CT molecular complexity index is 579. The molecule has 0 spiro atoms. The summed E-state index contributed by atoms with van der Waals surface area (Å²) in [6.45, 7) is 4.16. The third kappa shape index (κ3) is 3.70. The van der Waals surface area contributed by atoms with Crippen molar-refractivity contribution >= 4 is 33.1 Å². The predicted molar refractivity (Wildman–Crippen MR) is 87.9 cm³/mol. The molecule has 1 aromatic heterocycles. The van der Waals surface area contributed by atoms with Gasteiger partial charge < -0.3 is 10.2 Å². The first-order valence-corrected chi connectivity index (χ1v) is 7.34. The molecule has 2 aromatic rings. The third-order valence-corrected chi connectivity index (χ3v) is 3.29. The molecule has 4 nitrogen and oxygen atoms in total. The van der Waals surface area contributed by atoms with E-state index in [0.29, 0.717) is 5.92 Å². The van der Waals surface area contributed by atoms with Crippen molar-refractivity contribution < 1.29 is 0 Å². The molecule has 0 amide bonds. The maximum atomic E-state index is 4.52. The lowest BCUT2D eigenvalue weighted by molar-refractivity contribution is 0.771. The second kappa shape index (κ2) is 6.22. The van der Waals surface area contributed by atoms with Crippen LogP contribution in [-0.2, 0) is 0 Å². The van der Waals surface area contributed by atoms with Gasteiger partial charge in [-0.3, -0.25) is 0 Å². The number of hydrogen-bond acceptors (Lipinski definition) is 4. The number of rotatable bonds is 4. The molecule has 2 rings (SSSR count). The highest BCUT2D eigenvalue weighted by Crippen LogP contribution is 2.22. The van der Waals surface area contributed by atoms with Crippen LogP contribution in [0.25, 0.3) is 0 Å². The number of benzene rings is 1. The van der Waals surface area contributed by atoms with E-state index >= 15 is 0 Å². The number of anilines is 3. The van der Waals surface area contributed by atoms with Crippen LogP contribution in [0, 0.1) is 0 Å². The van der Waals surface area contributed by atoms with Crippen molar-refractivity contribution in [2.45, 2.75) is 19.8 Å². The predicted octanol–water partition coefficient (Wildman–Crippen LogP) is 4.17. The lowest BCUT2D eigenvalue weighted by Gasteiger charge is -2.14. The molecule has 20 heavy (non-hydrogen) atoms. The maximum Gasteiger partial charge on any atom is 0.135 e. The van der Waals surface area contributed by atoms with E-state index in [2.05, 4.69) is 62.1 Å². The van der Waals surface area contributed by atoms with Gasteiger partial charge in [0.05, 0.1) is 0 Å². The second-order valence-electron chi connectivity index (χ2n) is 5.16. The minimum atomic E-state index is 0.296. The van der Waals surface area contributed by atoms with Gasteiger partial charge in [0, 0.05) is 37.5 Å². The van der Waals surface area contributed by atoms with E-state index in [9.17, 15) is 0 Å². The van der Waals surface area contributed by atoms with Crippen LogP contribution in [0.5, 0.6) is 0 Å². The van der Waals surface area contributed by atoms with Gasteiger partial charge in [-0.05, 0) is 40.2 Å². The molecule has 0 aliphatic rings. The number of aromatic nitrogens is 2. The fraction of sp³-hybridized carbons (Fsp3) is 0.333. The summed E-state index contributed by atoms with van der Waals surface area (Å²) in [5, 5.41) is 3.31. The standard InChI is InChI=1S/C15H19BrN4/c1-10(2)15-18-13(16)9-14(19-15)17-11-5-7-12(8-6-11)20(3)4/h5-10H,1-4H3,(H,17,18,19). The molecule has 0 saturated heterocycles. The molecule has 106 valence electrons. The van der Waals surface area contributed by atoms with Crippen LogP contribution in [-0.4, -0.2) is 24.1 Å². The second-order valence-corrected chi connectivity index (χ2v) is 5.97. The lowest BCUT2D eigenvalue weighted by atomic mass is 10.2.